The van der Waals surface area contributed by atoms with Gasteiger partial charge >= 0.3 is 6.03 Å². The van der Waals surface area contributed by atoms with Crippen molar-refractivity contribution in [3.05, 3.63) is 0 Å². The van der Waals surface area contributed by atoms with Crippen molar-refractivity contribution in [1.82, 2.24) is 10.8 Å². The van der Waals surface area contributed by atoms with Crippen LogP contribution in [-0.4, -0.2) is 19.2 Å². The number of hydrogen-bond acceptors (Lipinski definition) is 2. The molecule has 0 aromatic carbocycles. The molecule has 0 rings (SSSR count). The molecule has 0 aromatic rings. The third-order valence-corrected chi connectivity index (χ3v) is 1.99. The van der Waals surface area contributed by atoms with Gasteiger partial charge in [0.25, 0.3) is 0 Å². The van der Waals surface area contributed by atoms with E-state index in [0.29, 0.717) is 0 Å². The molecule has 14 heavy (non-hydrogen) atoms. The molecule has 2 N–H and O–H groups in total. The van der Waals surface area contributed by atoms with Crippen molar-refractivity contribution in [3.63, 3.8) is 0 Å². The topological polar surface area (TPSA) is 50.4 Å². The van der Waals surface area contributed by atoms with Crippen LogP contribution < -0.4 is 10.8 Å². The van der Waals surface area contributed by atoms with E-state index in [1.54, 1.807) is 0 Å². The molecule has 0 aliphatic rings. The molecular formula is C10H22N2O2. The van der Waals surface area contributed by atoms with Crippen molar-refractivity contribution < 1.29 is 9.63 Å². The summed E-state index contributed by atoms with van der Waals surface area (Å²) in [5, 5.41) is 2.78. The summed E-state index contributed by atoms with van der Waals surface area (Å²) in [4.78, 5) is 15.5. The molecule has 2 amide bonds. The lowest BCUT2D eigenvalue weighted by molar-refractivity contribution is 0.106. The van der Waals surface area contributed by atoms with E-state index < -0.39 is 0 Å². The molecule has 84 valence electrons. The van der Waals surface area contributed by atoms with Gasteiger partial charge in [-0.05, 0) is 19.3 Å². The van der Waals surface area contributed by atoms with Crippen molar-refractivity contribution in [2.45, 2.75) is 46.1 Å². The number of rotatable bonds is 6. The molecule has 4 nitrogen and oxygen atoms in total. The summed E-state index contributed by atoms with van der Waals surface area (Å²) in [6, 6.07) is -0.0755. The predicted octanol–water partition coefficient (Wildman–Crippen LogP) is 2.06. The summed E-state index contributed by atoms with van der Waals surface area (Å²) in [5.41, 5.74) is 2.23. The molecule has 0 radical (unpaired) electrons. The summed E-state index contributed by atoms with van der Waals surface area (Å²) < 4.78 is 0. The Morgan fingerprint density at radius 3 is 2.43 bits per heavy atom. The van der Waals surface area contributed by atoms with Crippen LogP contribution in [-0.2, 0) is 4.84 Å². The van der Waals surface area contributed by atoms with E-state index in [4.69, 9.17) is 0 Å². The Labute approximate surface area is 86.4 Å². The monoisotopic (exact) mass is 202 g/mol. The minimum Gasteiger partial charge on any atom is -0.334 e. The van der Waals surface area contributed by atoms with Crippen molar-refractivity contribution in [2.75, 3.05) is 7.11 Å². The second-order valence-electron chi connectivity index (χ2n) is 4.01. The normalized spacial score (nSPS) is 12.6. The lowest BCUT2D eigenvalue weighted by Crippen LogP contribution is -2.40. The van der Waals surface area contributed by atoms with Crippen LogP contribution in [0.2, 0.25) is 0 Å². The summed E-state index contributed by atoms with van der Waals surface area (Å²) in [6.07, 6.45) is 3.36. The third-order valence-electron chi connectivity index (χ3n) is 1.99. The van der Waals surface area contributed by atoms with Gasteiger partial charge in [-0.25, -0.2) is 10.3 Å². The highest BCUT2D eigenvalue weighted by Crippen LogP contribution is 2.07. The first-order chi connectivity index (χ1) is 6.56. The largest absolute Gasteiger partial charge is 0.338 e. The van der Waals surface area contributed by atoms with Crippen molar-refractivity contribution in [1.29, 1.82) is 0 Å². The summed E-state index contributed by atoms with van der Waals surface area (Å²) in [7, 11) is 1.42. The van der Waals surface area contributed by atoms with Gasteiger partial charge in [-0.3, -0.25) is 4.84 Å². The quantitative estimate of drug-likeness (QED) is 0.648. The van der Waals surface area contributed by atoms with E-state index >= 15 is 0 Å². The van der Waals surface area contributed by atoms with Gasteiger partial charge in [-0.2, -0.15) is 0 Å². The molecule has 0 heterocycles. The van der Waals surface area contributed by atoms with Gasteiger partial charge in [0.2, 0.25) is 0 Å². The number of urea groups is 1. The van der Waals surface area contributed by atoms with E-state index in [1.165, 1.54) is 13.5 Å². The average molecular weight is 202 g/mol. The summed E-state index contributed by atoms with van der Waals surface area (Å²) >= 11 is 0. The SMILES string of the molecule is CONC(=O)N[C@@H](C)CCCC(C)C. The van der Waals surface area contributed by atoms with E-state index in [2.05, 4.69) is 29.5 Å². The number of hydrogen-bond donors (Lipinski definition) is 2. The molecule has 4 heteroatoms. The number of nitrogens with one attached hydrogen (secondary N) is 2. The van der Waals surface area contributed by atoms with Crippen molar-refractivity contribution in [3.8, 4) is 0 Å². The number of carbonyl (C=O) groups is 1. The number of hydroxylamine groups is 1. The summed E-state index contributed by atoms with van der Waals surface area (Å²) in [5.74, 6) is 0.731. The molecule has 0 saturated heterocycles. The molecule has 0 saturated carbocycles. The fourth-order valence-corrected chi connectivity index (χ4v) is 1.25. The highest BCUT2D eigenvalue weighted by molar-refractivity contribution is 5.72. The van der Waals surface area contributed by atoms with Crippen LogP contribution in [0.5, 0.6) is 0 Å². The Morgan fingerprint density at radius 2 is 1.93 bits per heavy atom. The second-order valence-corrected chi connectivity index (χ2v) is 4.01. The molecule has 0 spiro atoms. The zero-order chi connectivity index (χ0) is 11.0. The van der Waals surface area contributed by atoms with Crippen molar-refractivity contribution >= 4 is 6.03 Å². The first-order valence-corrected chi connectivity index (χ1v) is 5.15. The molecular weight excluding hydrogens is 180 g/mol. The minimum atomic E-state index is -0.274. The second kappa shape index (κ2) is 7.62. The maximum absolute atomic E-state index is 11.0. The van der Waals surface area contributed by atoms with Gasteiger partial charge in [-0.15, -0.1) is 0 Å². The van der Waals surface area contributed by atoms with Gasteiger partial charge in [0.15, 0.2) is 0 Å². The Kier molecular flexibility index (Phi) is 7.20. The van der Waals surface area contributed by atoms with Gasteiger partial charge < -0.3 is 5.32 Å². The van der Waals surface area contributed by atoms with Crippen LogP contribution in [0.15, 0.2) is 0 Å². The molecule has 1 atom stereocenters. The van der Waals surface area contributed by atoms with Gasteiger partial charge in [0.05, 0.1) is 7.11 Å². The lowest BCUT2D eigenvalue weighted by atomic mass is 10.0. The first-order valence-electron chi connectivity index (χ1n) is 5.15. The van der Waals surface area contributed by atoms with E-state index in [0.717, 1.165) is 18.8 Å². The zero-order valence-corrected chi connectivity index (χ0v) is 9.59. The van der Waals surface area contributed by atoms with E-state index in [9.17, 15) is 4.79 Å². The standard InChI is InChI=1S/C10H22N2O2/c1-8(2)6-5-7-9(3)11-10(13)12-14-4/h8-9H,5-7H2,1-4H3,(H2,11,12,13)/t9-/m0/s1. The molecule has 0 bridgehead atoms. The van der Waals surface area contributed by atoms with Gasteiger partial charge in [0.1, 0.15) is 0 Å². The molecule has 0 aliphatic heterocycles. The average Bonchev–Trinajstić information content (AvgIpc) is 2.03. The molecule has 0 fully saturated rings. The number of carbonyl (C=O) groups excluding carboxylic acids is 1. The number of amides is 2. The maximum Gasteiger partial charge on any atom is 0.338 e. The van der Waals surface area contributed by atoms with E-state index in [1.807, 2.05) is 6.92 Å². The lowest BCUT2D eigenvalue weighted by Gasteiger charge is -2.14. The van der Waals surface area contributed by atoms with Crippen LogP contribution in [0.1, 0.15) is 40.0 Å². The molecule has 0 unspecified atom stereocenters. The molecule has 0 aromatic heterocycles. The fraction of sp³-hybridized carbons (Fsp3) is 0.900. The first kappa shape index (κ1) is 13.2. The highest BCUT2D eigenvalue weighted by atomic mass is 16.6. The van der Waals surface area contributed by atoms with Gasteiger partial charge in [-0.1, -0.05) is 26.7 Å². The van der Waals surface area contributed by atoms with Gasteiger partial charge in [0, 0.05) is 6.04 Å². The third kappa shape index (κ3) is 7.86. The summed E-state index contributed by atoms with van der Waals surface area (Å²) in [6.45, 7) is 6.40. The van der Waals surface area contributed by atoms with Crippen LogP contribution in [0.25, 0.3) is 0 Å². The maximum atomic E-state index is 11.0. The van der Waals surface area contributed by atoms with Crippen LogP contribution in [0, 0.1) is 5.92 Å². The molecule has 0 aliphatic carbocycles. The highest BCUT2D eigenvalue weighted by Gasteiger charge is 2.06. The fourth-order valence-electron chi connectivity index (χ4n) is 1.25. The van der Waals surface area contributed by atoms with E-state index in [-0.39, 0.29) is 12.1 Å². The van der Waals surface area contributed by atoms with Crippen molar-refractivity contribution in [2.24, 2.45) is 5.92 Å². The Balaban J connectivity index is 3.44. The zero-order valence-electron chi connectivity index (χ0n) is 9.59. The van der Waals surface area contributed by atoms with Crippen LogP contribution in [0.3, 0.4) is 0 Å². The Morgan fingerprint density at radius 1 is 1.29 bits per heavy atom. The Bertz CT molecular complexity index is 160. The smallest absolute Gasteiger partial charge is 0.334 e. The van der Waals surface area contributed by atoms with Crippen LogP contribution >= 0.6 is 0 Å². The minimum absolute atomic E-state index is 0.198. The van der Waals surface area contributed by atoms with Crippen LogP contribution in [0.4, 0.5) is 4.79 Å². The Hall–Kier alpha value is -0.770. The predicted molar refractivity (Wildman–Crippen MR) is 56.8 cm³/mol.